The summed E-state index contributed by atoms with van der Waals surface area (Å²) in [6, 6.07) is 0. The molecule has 0 saturated heterocycles. The maximum Gasteiger partial charge on any atom is 0.612 e. The Morgan fingerprint density at radius 2 is 1.53 bits per heavy atom. The average Bonchev–Trinajstić information content (AvgIpc) is 2.42. The molecule has 0 fully saturated rings. The van der Waals surface area contributed by atoms with E-state index in [2.05, 4.69) is 17.3 Å². The van der Waals surface area contributed by atoms with E-state index in [0.29, 0.717) is 6.61 Å². The standard InChI is InChI=1S/C14H32N2O2P/c1-3-4-5-6-7-8-9-10-14-18-19(17)16-13-11-12-15-2/h15H,3-14H2,1-2H3,(H,16,17)/q+1. The minimum atomic E-state index is -1.66. The Bertz CT molecular complexity index is 204. The van der Waals surface area contributed by atoms with Gasteiger partial charge in [0.1, 0.15) is 6.61 Å². The van der Waals surface area contributed by atoms with E-state index in [-0.39, 0.29) is 0 Å². The van der Waals surface area contributed by atoms with E-state index >= 15 is 0 Å². The van der Waals surface area contributed by atoms with E-state index in [1.807, 2.05) is 7.05 Å². The van der Waals surface area contributed by atoms with Crippen LogP contribution in [0.3, 0.4) is 0 Å². The van der Waals surface area contributed by atoms with Gasteiger partial charge in [0.2, 0.25) is 0 Å². The summed E-state index contributed by atoms with van der Waals surface area (Å²) < 4.78 is 16.7. The fourth-order valence-corrected chi connectivity index (χ4v) is 2.59. The highest BCUT2D eigenvalue weighted by Crippen LogP contribution is 2.17. The first-order chi connectivity index (χ1) is 9.31. The molecule has 0 aliphatic carbocycles. The van der Waals surface area contributed by atoms with Crippen molar-refractivity contribution in [1.29, 1.82) is 0 Å². The molecule has 0 aliphatic rings. The topological polar surface area (TPSA) is 50.4 Å². The van der Waals surface area contributed by atoms with Gasteiger partial charge in [0.15, 0.2) is 0 Å². The number of unbranched alkanes of at least 4 members (excludes halogenated alkanes) is 7. The Kier molecular flexibility index (Phi) is 16.0. The molecule has 0 aromatic heterocycles. The summed E-state index contributed by atoms with van der Waals surface area (Å²) in [7, 11) is 0.258. The van der Waals surface area contributed by atoms with E-state index < -0.39 is 8.18 Å². The lowest BCUT2D eigenvalue weighted by Gasteiger charge is -1.99. The van der Waals surface area contributed by atoms with Crippen LogP contribution in [-0.2, 0) is 9.09 Å². The SMILES string of the molecule is CCCCCCCCCCO[P+](=O)NCCCNC. The third-order valence-electron chi connectivity index (χ3n) is 3.05. The van der Waals surface area contributed by atoms with Gasteiger partial charge in [-0.15, -0.1) is 4.52 Å². The summed E-state index contributed by atoms with van der Waals surface area (Å²) in [6.45, 7) is 4.54. The summed E-state index contributed by atoms with van der Waals surface area (Å²) in [6.07, 6.45) is 11.2. The molecule has 0 aromatic rings. The van der Waals surface area contributed by atoms with Crippen LogP contribution in [0, 0.1) is 0 Å². The van der Waals surface area contributed by atoms with Gasteiger partial charge in [0.25, 0.3) is 0 Å². The first kappa shape index (κ1) is 19.0. The lowest BCUT2D eigenvalue weighted by Crippen LogP contribution is -2.15. The molecular weight excluding hydrogens is 259 g/mol. The molecule has 19 heavy (non-hydrogen) atoms. The number of nitrogens with one attached hydrogen (secondary N) is 2. The van der Waals surface area contributed by atoms with E-state index in [1.54, 1.807) is 0 Å². The first-order valence-corrected chi connectivity index (χ1v) is 8.97. The van der Waals surface area contributed by atoms with Crippen molar-refractivity contribution in [2.24, 2.45) is 0 Å². The van der Waals surface area contributed by atoms with Gasteiger partial charge >= 0.3 is 8.18 Å². The smallest absolute Gasteiger partial charge is 0.320 e. The minimum absolute atomic E-state index is 0.614. The van der Waals surface area contributed by atoms with Crippen molar-refractivity contribution in [3.05, 3.63) is 0 Å². The van der Waals surface area contributed by atoms with Gasteiger partial charge in [-0.2, -0.15) is 0 Å². The highest BCUT2D eigenvalue weighted by molar-refractivity contribution is 7.36. The Labute approximate surface area is 120 Å². The molecule has 0 heterocycles. The monoisotopic (exact) mass is 291 g/mol. The van der Waals surface area contributed by atoms with Crippen molar-refractivity contribution < 1.29 is 9.09 Å². The molecular formula is C14H32N2O2P+. The van der Waals surface area contributed by atoms with Crippen LogP contribution >= 0.6 is 8.18 Å². The number of rotatable bonds is 15. The Hall–Kier alpha value is -0.0200. The van der Waals surface area contributed by atoms with Gasteiger partial charge in [0, 0.05) is 6.54 Å². The van der Waals surface area contributed by atoms with Gasteiger partial charge < -0.3 is 5.32 Å². The zero-order chi connectivity index (χ0) is 14.2. The fraction of sp³-hybridized carbons (Fsp3) is 1.00. The summed E-state index contributed by atoms with van der Waals surface area (Å²) in [5.74, 6) is 0. The van der Waals surface area contributed by atoms with Crippen LogP contribution in [0.15, 0.2) is 0 Å². The molecule has 4 nitrogen and oxygen atoms in total. The van der Waals surface area contributed by atoms with Crippen LogP contribution in [0.5, 0.6) is 0 Å². The zero-order valence-electron chi connectivity index (χ0n) is 12.7. The van der Waals surface area contributed by atoms with Crippen molar-refractivity contribution in [3.8, 4) is 0 Å². The minimum Gasteiger partial charge on any atom is -0.320 e. The maximum absolute atomic E-state index is 11.4. The van der Waals surface area contributed by atoms with Crippen LogP contribution in [0.25, 0.3) is 0 Å². The Balaban J connectivity index is 3.10. The lowest BCUT2D eigenvalue weighted by molar-refractivity contribution is 0.309. The molecule has 0 saturated carbocycles. The molecule has 2 N–H and O–H groups in total. The number of hydrogen-bond acceptors (Lipinski definition) is 3. The van der Waals surface area contributed by atoms with Gasteiger partial charge in [-0.3, -0.25) is 0 Å². The van der Waals surface area contributed by atoms with Gasteiger partial charge in [0.05, 0.1) is 0 Å². The Morgan fingerprint density at radius 3 is 2.16 bits per heavy atom. The largest absolute Gasteiger partial charge is 0.612 e. The predicted molar refractivity (Wildman–Crippen MR) is 82.7 cm³/mol. The van der Waals surface area contributed by atoms with Crippen LogP contribution in [-0.4, -0.2) is 26.7 Å². The summed E-state index contributed by atoms with van der Waals surface area (Å²) in [5.41, 5.74) is 0. The molecule has 114 valence electrons. The van der Waals surface area contributed by atoms with Crippen molar-refractivity contribution in [2.45, 2.75) is 64.7 Å². The van der Waals surface area contributed by atoms with Crippen molar-refractivity contribution in [2.75, 3.05) is 26.7 Å². The molecule has 0 amide bonds. The molecule has 0 radical (unpaired) electrons. The zero-order valence-corrected chi connectivity index (χ0v) is 13.6. The third kappa shape index (κ3) is 15.9. The second-order valence-electron chi connectivity index (χ2n) is 4.93. The molecule has 0 spiro atoms. The van der Waals surface area contributed by atoms with Gasteiger partial charge in [-0.1, -0.05) is 57.0 Å². The Morgan fingerprint density at radius 1 is 0.895 bits per heavy atom. The maximum atomic E-state index is 11.4. The lowest BCUT2D eigenvalue weighted by atomic mass is 10.1. The van der Waals surface area contributed by atoms with Crippen LogP contribution in [0.2, 0.25) is 0 Å². The molecule has 1 unspecified atom stereocenters. The molecule has 5 heteroatoms. The highest BCUT2D eigenvalue weighted by atomic mass is 31.1. The van der Waals surface area contributed by atoms with Crippen LogP contribution in [0.1, 0.15) is 64.7 Å². The van der Waals surface area contributed by atoms with Crippen molar-refractivity contribution in [3.63, 3.8) is 0 Å². The van der Waals surface area contributed by atoms with Crippen molar-refractivity contribution >= 4 is 8.18 Å². The summed E-state index contributed by atoms with van der Waals surface area (Å²) in [5, 5.41) is 5.94. The molecule has 0 aliphatic heterocycles. The molecule has 0 aromatic carbocycles. The van der Waals surface area contributed by atoms with Crippen LogP contribution < -0.4 is 10.4 Å². The highest BCUT2D eigenvalue weighted by Gasteiger charge is 2.15. The first-order valence-electron chi connectivity index (χ1n) is 7.79. The fourth-order valence-electron chi connectivity index (χ4n) is 1.86. The summed E-state index contributed by atoms with van der Waals surface area (Å²) >= 11 is 0. The second-order valence-corrected chi connectivity index (χ2v) is 6.02. The van der Waals surface area contributed by atoms with E-state index in [4.69, 9.17) is 4.52 Å². The second kappa shape index (κ2) is 16.0. The average molecular weight is 291 g/mol. The molecule has 1 atom stereocenters. The van der Waals surface area contributed by atoms with E-state index in [0.717, 1.165) is 25.9 Å². The third-order valence-corrected chi connectivity index (χ3v) is 3.95. The van der Waals surface area contributed by atoms with Crippen LogP contribution in [0.4, 0.5) is 0 Å². The van der Waals surface area contributed by atoms with E-state index in [9.17, 15) is 4.57 Å². The number of hydrogen-bond donors (Lipinski definition) is 2. The quantitative estimate of drug-likeness (QED) is 0.354. The predicted octanol–water partition coefficient (Wildman–Crippen LogP) is 4.00. The van der Waals surface area contributed by atoms with Gasteiger partial charge in [-0.05, 0) is 31.0 Å². The van der Waals surface area contributed by atoms with Crippen molar-refractivity contribution in [1.82, 2.24) is 10.4 Å². The normalized spacial score (nSPS) is 11.8. The van der Waals surface area contributed by atoms with E-state index in [1.165, 1.54) is 44.9 Å². The molecule has 0 bridgehead atoms. The summed E-state index contributed by atoms with van der Waals surface area (Å²) in [4.78, 5) is 0. The molecule has 0 rings (SSSR count). The van der Waals surface area contributed by atoms with Gasteiger partial charge in [-0.25, -0.2) is 0 Å².